The Morgan fingerprint density at radius 2 is 2.33 bits per heavy atom. The molecule has 0 aromatic carbocycles. The number of hydrogen-bond donors (Lipinski definition) is 2. The first-order chi connectivity index (χ1) is 8.55. The monoisotopic (exact) mass is 256 g/mol. The van der Waals surface area contributed by atoms with Crippen LogP contribution in [0.4, 0.5) is 8.78 Å². The lowest BCUT2D eigenvalue weighted by Crippen LogP contribution is -2.53. The lowest BCUT2D eigenvalue weighted by Gasteiger charge is -2.36. The molecule has 2 N–H and O–H groups in total. The molecule has 0 radical (unpaired) electrons. The molecule has 5 nitrogen and oxygen atoms in total. The van der Waals surface area contributed by atoms with Gasteiger partial charge in [0.2, 0.25) is 5.91 Å². The summed E-state index contributed by atoms with van der Waals surface area (Å²) in [7, 11) is 0. The number of aromatic nitrogens is 2. The Hall–Kier alpha value is -1.50. The molecule has 1 amide bonds. The Balaban J connectivity index is 1.65. The van der Waals surface area contributed by atoms with Crippen LogP contribution in [0.15, 0.2) is 12.3 Å². The van der Waals surface area contributed by atoms with Crippen LogP contribution in [0.5, 0.6) is 0 Å². The van der Waals surface area contributed by atoms with E-state index in [9.17, 15) is 13.6 Å². The number of halogens is 2. The normalized spacial score (nSPS) is 26.2. The zero-order chi connectivity index (χ0) is 12.8. The Labute approximate surface area is 103 Å². The Bertz CT molecular complexity index is 465. The maximum atomic E-state index is 12.7. The Kier molecular flexibility index (Phi) is 2.58. The maximum Gasteiger partial charge on any atom is 0.252 e. The average molecular weight is 256 g/mol. The number of rotatable bonds is 2. The fraction of sp³-hybridized carbons (Fsp3) is 0.636. The summed E-state index contributed by atoms with van der Waals surface area (Å²) in [6.07, 6.45) is 1.12. The van der Waals surface area contributed by atoms with E-state index in [1.165, 1.54) is 0 Å². The molecule has 3 rings (SSSR count). The van der Waals surface area contributed by atoms with E-state index in [2.05, 4.69) is 15.7 Å². The van der Waals surface area contributed by atoms with Crippen LogP contribution in [-0.4, -0.2) is 34.2 Å². The predicted molar refractivity (Wildman–Crippen MR) is 59.1 cm³/mol. The fourth-order valence-electron chi connectivity index (χ4n) is 2.45. The number of nitrogens with one attached hydrogen (secondary N) is 2. The molecular formula is C11H14F2N4O. The van der Waals surface area contributed by atoms with Crippen LogP contribution in [-0.2, 0) is 11.3 Å². The Morgan fingerprint density at radius 3 is 3.06 bits per heavy atom. The lowest BCUT2D eigenvalue weighted by atomic mass is 9.88. The predicted octanol–water partition coefficient (Wildman–Crippen LogP) is 0.441. The van der Waals surface area contributed by atoms with Crippen LogP contribution in [0.2, 0.25) is 0 Å². The minimum atomic E-state index is -2.61. The van der Waals surface area contributed by atoms with Crippen molar-refractivity contribution in [2.75, 3.05) is 6.54 Å². The molecule has 1 aliphatic heterocycles. The quantitative estimate of drug-likeness (QED) is 0.807. The van der Waals surface area contributed by atoms with Crippen molar-refractivity contribution in [3.8, 4) is 0 Å². The van der Waals surface area contributed by atoms with E-state index in [0.717, 1.165) is 5.69 Å². The second-order valence-electron chi connectivity index (χ2n) is 4.88. The molecule has 1 aromatic rings. The highest BCUT2D eigenvalue weighted by molar-refractivity contribution is 5.81. The van der Waals surface area contributed by atoms with Crippen LogP contribution < -0.4 is 10.6 Å². The molecule has 2 heterocycles. The minimum Gasteiger partial charge on any atom is -0.351 e. The number of carbonyl (C=O) groups excluding carboxylic acids is 1. The topological polar surface area (TPSA) is 59.0 Å². The summed E-state index contributed by atoms with van der Waals surface area (Å²) in [6.45, 7) is 1.15. The zero-order valence-corrected chi connectivity index (χ0v) is 9.70. The van der Waals surface area contributed by atoms with Crippen LogP contribution in [0, 0.1) is 0 Å². The molecule has 2 aliphatic rings. The van der Waals surface area contributed by atoms with Gasteiger partial charge in [0.15, 0.2) is 0 Å². The molecule has 98 valence electrons. The molecule has 1 saturated carbocycles. The van der Waals surface area contributed by atoms with Crippen LogP contribution in [0.25, 0.3) is 0 Å². The highest BCUT2D eigenvalue weighted by Gasteiger charge is 2.46. The zero-order valence-electron chi connectivity index (χ0n) is 9.70. The van der Waals surface area contributed by atoms with E-state index < -0.39 is 18.0 Å². The molecule has 0 saturated heterocycles. The van der Waals surface area contributed by atoms with Gasteiger partial charge in [-0.2, -0.15) is 5.10 Å². The van der Waals surface area contributed by atoms with Crippen molar-refractivity contribution in [3.05, 3.63) is 18.0 Å². The summed E-state index contributed by atoms with van der Waals surface area (Å²) in [5.74, 6) is -2.85. The average Bonchev–Trinajstić information content (AvgIpc) is 2.73. The molecule has 0 spiro atoms. The second kappa shape index (κ2) is 4.01. The van der Waals surface area contributed by atoms with Crippen molar-refractivity contribution in [2.24, 2.45) is 0 Å². The fourth-order valence-corrected chi connectivity index (χ4v) is 2.45. The van der Waals surface area contributed by atoms with Gasteiger partial charge in [-0.1, -0.05) is 0 Å². The van der Waals surface area contributed by atoms with Crippen LogP contribution >= 0.6 is 0 Å². The summed E-state index contributed by atoms with van der Waals surface area (Å²) in [5, 5.41) is 9.87. The number of carbonyl (C=O) groups is 1. The lowest BCUT2D eigenvalue weighted by molar-refractivity contribution is -0.132. The molecule has 1 atom stereocenters. The van der Waals surface area contributed by atoms with Gasteiger partial charge in [0.25, 0.3) is 5.92 Å². The van der Waals surface area contributed by atoms with E-state index in [4.69, 9.17) is 0 Å². The van der Waals surface area contributed by atoms with Gasteiger partial charge in [-0.15, -0.1) is 0 Å². The van der Waals surface area contributed by atoms with E-state index in [1.807, 2.05) is 6.07 Å². The van der Waals surface area contributed by atoms with Gasteiger partial charge in [-0.05, 0) is 6.07 Å². The molecule has 1 aromatic heterocycles. The highest BCUT2D eigenvalue weighted by atomic mass is 19.3. The molecular weight excluding hydrogens is 242 g/mol. The van der Waals surface area contributed by atoms with Crippen LogP contribution in [0.3, 0.4) is 0 Å². The molecule has 1 aliphatic carbocycles. The van der Waals surface area contributed by atoms with Crippen molar-refractivity contribution in [3.63, 3.8) is 0 Å². The smallest absolute Gasteiger partial charge is 0.252 e. The van der Waals surface area contributed by atoms with E-state index in [0.29, 0.717) is 13.1 Å². The highest BCUT2D eigenvalue weighted by Crippen LogP contribution is 2.37. The van der Waals surface area contributed by atoms with Crippen LogP contribution in [0.1, 0.15) is 24.6 Å². The van der Waals surface area contributed by atoms with E-state index >= 15 is 0 Å². The molecule has 1 fully saturated rings. The third-order valence-corrected chi connectivity index (χ3v) is 3.43. The molecule has 18 heavy (non-hydrogen) atoms. The number of nitrogens with zero attached hydrogens (tertiary/aromatic N) is 2. The standard InChI is InChI=1S/C11H14F2N4O/c12-11(13)3-7(4-11)16-10(18)9-6-14-5-8-1-2-15-17(8)9/h1-2,7,9,14H,3-6H2,(H,16,18)/t9-/m0/s1. The van der Waals surface area contributed by atoms with Gasteiger partial charge in [0.1, 0.15) is 6.04 Å². The minimum absolute atomic E-state index is 0.243. The maximum absolute atomic E-state index is 12.7. The van der Waals surface area contributed by atoms with Gasteiger partial charge >= 0.3 is 0 Å². The second-order valence-corrected chi connectivity index (χ2v) is 4.88. The SMILES string of the molecule is O=C(NC1CC(F)(F)C1)[C@@H]1CNCc2ccnn21. The van der Waals surface area contributed by atoms with Crippen molar-refractivity contribution in [1.82, 2.24) is 20.4 Å². The summed E-state index contributed by atoms with van der Waals surface area (Å²) >= 11 is 0. The summed E-state index contributed by atoms with van der Waals surface area (Å²) in [5.41, 5.74) is 0.931. The Morgan fingerprint density at radius 1 is 1.56 bits per heavy atom. The van der Waals surface area contributed by atoms with Gasteiger partial charge in [-0.3, -0.25) is 9.48 Å². The summed E-state index contributed by atoms with van der Waals surface area (Å²) in [4.78, 5) is 12.0. The summed E-state index contributed by atoms with van der Waals surface area (Å²) < 4.78 is 27.0. The number of amides is 1. The van der Waals surface area contributed by atoms with Crippen molar-refractivity contribution >= 4 is 5.91 Å². The van der Waals surface area contributed by atoms with Gasteiger partial charge in [-0.25, -0.2) is 8.78 Å². The van der Waals surface area contributed by atoms with E-state index in [-0.39, 0.29) is 18.7 Å². The number of fused-ring (bicyclic) bond motifs is 1. The molecule has 0 unspecified atom stereocenters. The third kappa shape index (κ3) is 1.98. The largest absolute Gasteiger partial charge is 0.351 e. The number of hydrogen-bond acceptors (Lipinski definition) is 3. The van der Waals surface area contributed by atoms with Gasteiger partial charge in [0.05, 0.1) is 5.69 Å². The first-order valence-electron chi connectivity index (χ1n) is 5.96. The van der Waals surface area contributed by atoms with Crippen molar-refractivity contribution in [2.45, 2.75) is 37.4 Å². The molecule has 0 bridgehead atoms. The molecule has 7 heteroatoms. The first-order valence-corrected chi connectivity index (χ1v) is 5.96. The first kappa shape index (κ1) is 11.6. The third-order valence-electron chi connectivity index (χ3n) is 3.43. The van der Waals surface area contributed by atoms with Gasteiger partial charge < -0.3 is 10.6 Å². The van der Waals surface area contributed by atoms with Crippen molar-refractivity contribution in [1.29, 1.82) is 0 Å². The van der Waals surface area contributed by atoms with Gasteiger partial charge in [0, 0.05) is 38.2 Å². The van der Waals surface area contributed by atoms with Crippen molar-refractivity contribution < 1.29 is 13.6 Å². The summed E-state index contributed by atoms with van der Waals surface area (Å²) in [6, 6.07) is 0.982. The van der Waals surface area contributed by atoms with E-state index in [1.54, 1.807) is 10.9 Å². The number of alkyl halides is 2.